The molecule has 1 heterocycles. The highest BCUT2D eigenvalue weighted by Gasteiger charge is 2.19. The molecule has 3 aromatic rings. The number of hydrogen-bond donors (Lipinski definition) is 1. The number of halogens is 1. The van der Waals surface area contributed by atoms with Gasteiger partial charge in [0.05, 0.1) is 15.6 Å². The van der Waals surface area contributed by atoms with E-state index in [1.807, 2.05) is 6.07 Å². The molecule has 0 unspecified atom stereocenters. The van der Waals surface area contributed by atoms with Crippen molar-refractivity contribution in [2.75, 3.05) is 4.72 Å². The molecule has 0 radical (unpaired) electrons. The third kappa shape index (κ3) is 4.88. The third-order valence-electron chi connectivity index (χ3n) is 3.66. The Bertz CT molecular complexity index is 1250. The number of aryl methyl sites for hydroxylation is 1. The highest BCUT2D eigenvalue weighted by atomic mass is 35.5. The Morgan fingerprint density at radius 1 is 1.23 bits per heavy atom. The van der Waals surface area contributed by atoms with Gasteiger partial charge in [-0.15, -0.1) is 0 Å². The van der Waals surface area contributed by atoms with Crippen molar-refractivity contribution in [1.29, 1.82) is 5.26 Å². The number of sulfonamides is 1. The van der Waals surface area contributed by atoms with Gasteiger partial charge in [0.25, 0.3) is 10.0 Å². The first kappa shape index (κ1) is 21.6. The van der Waals surface area contributed by atoms with E-state index in [-0.39, 0.29) is 31.4 Å². The van der Waals surface area contributed by atoms with Crippen molar-refractivity contribution in [3.8, 4) is 22.6 Å². The molecule has 0 aliphatic rings. The van der Waals surface area contributed by atoms with Crippen LogP contribution < -0.4 is 14.2 Å². The van der Waals surface area contributed by atoms with Crippen LogP contribution in [0, 0.1) is 18.3 Å². The van der Waals surface area contributed by atoms with Crippen molar-refractivity contribution < 1.29 is 22.7 Å². The van der Waals surface area contributed by atoms with Crippen LogP contribution in [0.3, 0.4) is 0 Å². The average Bonchev–Trinajstić information content (AvgIpc) is 3.00. The molecule has 0 saturated heterocycles. The van der Waals surface area contributed by atoms with E-state index in [0.29, 0.717) is 11.4 Å². The molecule has 30 heavy (non-hydrogen) atoms. The van der Waals surface area contributed by atoms with E-state index < -0.39 is 16.0 Å². The lowest BCUT2D eigenvalue weighted by Gasteiger charge is -2.09. The van der Waals surface area contributed by atoms with Crippen LogP contribution in [0.1, 0.15) is 18.2 Å². The van der Waals surface area contributed by atoms with Gasteiger partial charge in [-0.1, -0.05) is 29.0 Å². The zero-order chi connectivity index (χ0) is 21.9. The summed E-state index contributed by atoms with van der Waals surface area (Å²) in [6.07, 6.45) is 0. The SMILES string of the molecule is CC(=O)Oc1sc(NS(=O)(=O)c2ccc(Oc3cccc(Cl)c3C#N)cc2)nc1C. The highest BCUT2D eigenvalue weighted by Crippen LogP contribution is 2.33. The number of nitrogens with zero attached hydrogens (tertiary/aromatic N) is 2. The Morgan fingerprint density at radius 2 is 1.93 bits per heavy atom. The number of anilines is 1. The van der Waals surface area contributed by atoms with Crippen LogP contribution in [0.15, 0.2) is 47.4 Å². The van der Waals surface area contributed by atoms with Crippen molar-refractivity contribution in [3.05, 3.63) is 58.7 Å². The molecule has 8 nitrogen and oxygen atoms in total. The highest BCUT2D eigenvalue weighted by molar-refractivity contribution is 7.93. The van der Waals surface area contributed by atoms with Crippen molar-refractivity contribution in [2.24, 2.45) is 0 Å². The van der Waals surface area contributed by atoms with Gasteiger partial charge >= 0.3 is 5.97 Å². The predicted molar refractivity (Wildman–Crippen MR) is 112 cm³/mol. The zero-order valence-electron chi connectivity index (χ0n) is 15.7. The molecule has 0 fully saturated rings. The van der Waals surface area contributed by atoms with Crippen molar-refractivity contribution in [3.63, 3.8) is 0 Å². The minimum absolute atomic E-state index is 0.0247. The van der Waals surface area contributed by atoms with Crippen molar-refractivity contribution in [2.45, 2.75) is 18.7 Å². The minimum atomic E-state index is -3.93. The first-order valence-electron chi connectivity index (χ1n) is 8.35. The zero-order valence-corrected chi connectivity index (χ0v) is 18.1. The van der Waals surface area contributed by atoms with E-state index in [1.165, 1.54) is 31.2 Å². The fraction of sp³-hybridized carbons (Fsp3) is 0.105. The lowest BCUT2D eigenvalue weighted by atomic mass is 10.2. The van der Waals surface area contributed by atoms with E-state index in [1.54, 1.807) is 25.1 Å². The topological polar surface area (TPSA) is 118 Å². The fourth-order valence-electron chi connectivity index (χ4n) is 2.34. The Labute approximate surface area is 181 Å². The summed E-state index contributed by atoms with van der Waals surface area (Å²) >= 11 is 6.88. The van der Waals surface area contributed by atoms with Crippen molar-refractivity contribution >= 4 is 44.1 Å². The number of carbonyl (C=O) groups is 1. The molecule has 3 rings (SSSR count). The molecular formula is C19H14ClN3O5S2. The average molecular weight is 464 g/mol. The molecule has 0 aliphatic carbocycles. The number of hydrogen-bond acceptors (Lipinski definition) is 8. The normalized spacial score (nSPS) is 10.9. The van der Waals surface area contributed by atoms with E-state index in [2.05, 4.69) is 9.71 Å². The molecule has 0 saturated carbocycles. The first-order valence-corrected chi connectivity index (χ1v) is 11.0. The molecule has 0 atom stereocenters. The molecule has 1 aromatic heterocycles. The minimum Gasteiger partial charge on any atom is -0.456 e. The maximum absolute atomic E-state index is 12.6. The quantitative estimate of drug-likeness (QED) is 0.534. The molecular weight excluding hydrogens is 450 g/mol. The molecule has 154 valence electrons. The van der Waals surface area contributed by atoms with Gasteiger partial charge in [0, 0.05) is 6.92 Å². The third-order valence-corrected chi connectivity index (χ3v) is 6.41. The summed E-state index contributed by atoms with van der Waals surface area (Å²) in [6, 6.07) is 12.4. The summed E-state index contributed by atoms with van der Waals surface area (Å²) < 4.78 is 38.2. The second-order valence-corrected chi connectivity index (χ2v) is 8.94. The molecule has 0 bridgehead atoms. The van der Waals surface area contributed by atoms with Gasteiger partial charge in [-0.3, -0.25) is 9.52 Å². The van der Waals surface area contributed by atoms with E-state index >= 15 is 0 Å². The van der Waals surface area contributed by atoms with Gasteiger partial charge < -0.3 is 9.47 Å². The van der Waals surface area contributed by atoms with Crippen LogP contribution in [-0.4, -0.2) is 19.4 Å². The molecule has 0 spiro atoms. The number of thiazole rings is 1. The standard InChI is InChI=1S/C19H14ClN3O5S2/c1-11-18(27-12(2)24)29-19(22-11)23-30(25,26)14-8-6-13(7-9-14)28-17-5-3-4-16(20)15(17)10-21/h3-9H,1-2H3,(H,22,23). The second kappa shape index (κ2) is 8.71. The number of benzene rings is 2. The Morgan fingerprint density at radius 3 is 2.57 bits per heavy atom. The van der Waals surface area contributed by atoms with Gasteiger partial charge in [0.1, 0.15) is 23.1 Å². The molecule has 2 aromatic carbocycles. The maximum atomic E-state index is 12.6. The van der Waals surface area contributed by atoms with E-state index in [4.69, 9.17) is 21.1 Å². The lowest BCUT2D eigenvalue weighted by Crippen LogP contribution is -2.12. The Kier molecular flexibility index (Phi) is 6.26. The van der Waals surface area contributed by atoms with Crippen molar-refractivity contribution in [1.82, 2.24) is 4.98 Å². The molecule has 11 heteroatoms. The summed E-state index contributed by atoms with van der Waals surface area (Å²) in [4.78, 5) is 15.1. The lowest BCUT2D eigenvalue weighted by molar-refractivity contribution is -0.131. The monoisotopic (exact) mass is 463 g/mol. The molecule has 0 aliphatic heterocycles. The van der Waals surface area contributed by atoms with Gasteiger partial charge in [-0.2, -0.15) is 5.26 Å². The number of ether oxygens (including phenoxy) is 2. The largest absolute Gasteiger partial charge is 0.456 e. The van der Waals surface area contributed by atoms with Crippen LogP contribution in [0.2, 0.25) is 5.02 Å². The number of nitriles is 1. The smallest absolute Gasteiger partial charge is 0.308 e. The van der Waals surface area contributed by atoms with Crippen LogP contribution in [-0.2, 0) is 14.8 Å². The maximum Gasteiger partial charge on any atom is 0.308 e. The van der Waals surface area contributed by atoms with Gasteiger partial charge in [-0.25, -0.2) is 13.4 Å². The number of nitrogens with one attached hydrogen (secondary N) is 1. The van der Waals surface area contributed by atoms with Gasteiger partial charge in [0.2, 0.25) is 5.06 Å². The fourth-order valence-corrected chi connectivity index (χ4v) is 4.64. The second-order valence-electron chi connectivity index (χ2n) is 5.89. The van der Waals surface area contributed by atoms with Crippen LogP contribution in [0.25, 0.3) is 0 Å². The number of aromatic nitrogens is 1. The Hall–Kier alpha value is -3.13. The molecule has 1 N–H and O–H groups in total. The van der Waals surface area contributed by atoms with Gasteiger partial charge in [-0.05, 0) is 43.3 Å². The van der Waals surface area contributed by atoms with Crippen LogP contribution >= 0.6 is 22.9 Å². The van der Waals surface area contributed by atoms with Crippen LogP contribution in [0.4, 0.5) is 5.13 Å². The van der Waals surface area contributed by atoms with Gasteiger partial charge in [0.15, 0.2) is 5.13 Å². The number of carbonyl (C=O) groups excluding carboxylic acids is 1. The summed E-state index contributed by atoms with van der Waals surface area (Å²) in [7, 11) is -3.93. The van der Waals surface area contributed by atoms with E-state index in [9.17, 15) is 18.5 Å². The number of esters is 1. The molecule has 0 amide bonds. The summed E-state index contributed by atoms with van der Waals surface area (Å²) in [5.74, 6) is 0.0657. The Balaban J connectivity index is 1.78. The summed E-state index contributed by atoms with van der Waals surface area (Å²) in [5.41, 5.74) is 0.576. The summed E-state index contributed by atoms with van der Waals surface area (Å²) in [5, 5.41) is 9.75. The number of rotatable bonds is 6. The predicted octanol–water partition coefficient (Wildman–Crippen LogP) is 4.50. The first-order chi connectivity index (χ1) is 14.2. The summed E-state index contributed by atoms with van der Waals surface area (Å²) in [6.45, 7) is 2.85. The van der Waals surface area contributed by atoms with E-state index in [0.717, 1.165) is 11.3 Å². The van der Waals surface area contributed by atoms with Crippen LogP contribution in [0.5, 0.6) is 16.6 Å².